The summed E-state index contributed by atoms with van der Waals surface area (Å²) in [6.45, 7) is 5.28. The molecule has 0 atom stereocenters. The first-order valence-electron chi connectivity index (χ1n) is 9.32. The van der Waals surface area contributed by atoms with E-state index in [0.717, 1.165) is 48.6 Å². The van der Waals surface area contributed by atoms with Gasteiger partial charge in [0.1, 0.15) is 5.82 Å². The van der Waals surface area contributed by atoms with Crippen molar-refractivity contribution in [3.05, 3.63) is 46.5 Å². The van der Waals surface area contributed by atoms with Crippen molar-refractivity contribution in [2.24, 2.45) is 0 Å². The maximum absolute atomic E-state index is 12.3. The molecule has 0 radical (unpaired) electrons. The quantitative estimate of drug-likeness (QED) is 0.809. The first-order valence-corrected chi connectivity index (χ1v) is 9.32. The van der Waals surface area contributed by atoms with Crippen molar-refractivity contribution in [3.63, 3.8) is 0 Å². The lowest BCUT2D eigenvalue weighted by Crippen LogP contribution is -2.25. The molecule has 3 rings (SSSR count). The molecule has 1 aromatic carbocycles. The second-order valence-corrected chi connectivity index (χ2v) is 6.99. The molecule has 1 aliphatic rings. The summed E-state index contributed by atoms with van der Waals surface area (Å²) in [6, 6.07) is 5.66. The lowest BCUT2D eigenvalue weighted by Gasteiger charge is -2.08. The predicted molar refractivity (Wildman–Crippen MR) is 98.9 cm³/mol. The number of hydrogen-bond acceptors (Lipinski definition) is 4. The van der Waals surface area contributed by atoms with Crippen LogP contribution in [0.15, 0.2) is 18.2 Å². The van der Waals surface area contributed by atoms with Crippen molar-refractivity contribution in [1.82, 2.24) is 20.1 Å². The Bertz CT molecular complexity index is 810. The molecule has 26 heavy (non-hydrogen) atoms. The summed E-state index contributed by atoms with van der Waals surface area (Å²) in [5.41, 5.74) is 2.92. The molecule has 0 aliphatic carbocycles. The zero-order chi connectivity index (χ0) is 18.5. The topological polar surface area (TPSA) is 76.9 Å². The number of amides is 1. The Morgan fingerprint density at radius 3 is 2.73 bits per heavy atom. The minimum absolute atomic E-state index is 0.000375. The number of benzene rings is 1. The van der Waals surface area contributed by atoms with Crippen LogP contribution in [0, 0.1) is 13.8 Å². The average molecular weight is 354 g/mol. The number of nitrogens with one attached hydrogen (secondary N) is 1. The average Bonchev–Trinajstić information content (AvgIpc) is 2.86. The summed E-state index contributed by atoms with van der Waals surface area (Å²) < 4.78 is 2.12. The largest absolute Gasteiger partial charge is 0.349 e. The monoisotopic (exact) mass is 354 g/mol. The Morgan fingerprint density at radius 2 is 1.92 bits per heavy atom. The number of rotatable bonds is 6. The van der Waals surface area contributed by atoms with Crippen LogP contribution >= 0.6 is 0 Å². The van der Waals surface area contributed by atoms with Gasteiger partial charge in [0, 0.05) is 31.4 Å². The number of nitrogens with zero attached hydrogens (tertiary/aromatic N) is 3. The number of aryl methyl sites for hydroxylation is 3. The molecule has 0 unspecified atom stereocenters. The molecule has 138 valence electrons. The molecule has 1 aliphatic heterocycles. The van der Waals surface area contributed by atoms with Crippen molar-refractivity contribution < 1.29 is 9.59 Å². The van der Waals surface area contributed by atoms with Gasteiger partial charge in [-0.3, -0.25) is 9.59 Å². The van der Waals surface area contributed by atoms with Crippen LogP contribution in [0.2, 0.25) is 0 Å². The van der Waals surface area contributed by atoms with Gasteiger partial charge in [-0.15, -0.1) is 10.2 Å². The zero-order valence-corrected chi connectivity index (χ0v) is 15.5. The molecule has 0 fully saturated rings. The molecule has 0 spiro atoms. The number of carbonyl (C=O) groups is 2. The highest BCUT2D eigenvalue weighted by molar-refractivity contribution is 5.98. The Hall–Kier alpha value is -2.50. The summed E-state index contributed by atoms with van der Waals surface area (Å²) in [7, 11) is 0. The number of hydrogen-bond donors (Lipinski definition) is 1. The van der Waals surface area contributed by atoms with Crippen molar-refractivity contribution in [2.45, 2.75) is 65.5 Å². The molecular weight excluding hydrogens is 328 g/mol. The van der Waals surface area contributed by atoms with Crippen LogP contribution in [-0.2, 0) is 24.3 Å². The molecule has 1 N–H and O–H groups in total. The highest BCUT2D eigenvalue weighted by Gasteiger charge is 2.15. The van der Waals surface area contributed by atoms with Crippen molar-refractivity contribution in [3.8, 4) is 0 Å². The van der Waals surface area contributed by atoms with Gasteiger partial charge in [0.25, 0.3) is 0 Å². The molecule has 0 saturated heterocycles. The van der Waals surface area contributed by atoms with Crippen molar-refractivity contribution in [1.29, 1.82) is 0 Å². The van der Waals surface area contributed by atoms with Gasteiger partial charge in [0.2, 0.25) is 5.91 Å². The van der Waals surface area contributed by atoms with Crippen LogP contribution in [0.5, 0.6) is 0 Å². The van der Waals surface area contributed by atoms with Crippen LogP contribution < -0.4 is 5.32 Å². The van der Waals surface area contributed by atoms with Gasteiger partial charge in [-0.1, -0.05) is 18.6 Å². The predicted octanol–water partition coefficient (Wildman–Crippen LogP) is 2.90. The number of aromatic nitrogens is 3. The van der Waals surface area contributed by atoms with E-state index in [1.807, 2.05) is 32.0 Å². The molecule has 6 heteroatoms. The molecule has 2 aromatic rings. The summed E-state index contributed by atoms with van der Waals surface area (Å²) in [5, 5.41) is 11.3. The molecular formula is C20H26N4O2. The maximum Gasteiger partial charge on any atom is 0.220 e. The Kier molecular flexibility index (Phi) is 5.81. The number of ketones is 1. The zero-order valence-electron chi connectivity index (χ0n) is 15.5. The molecule has 6 nitrogen and oxygen atoms in total. The first kappa shape index (κ1) is 18.3. The van der Waals surface area contributed by atoms with Crippen LogP contribution in [0.3, 0.4) is 0 Å². The standard InChI is InChI=1S/C20H26N4O2/c1-14-7-8-16(12-15(14)2)17(25)9-10-20(26)21-13-19-23-22-18-6-4-3-5-11-24(18)19/h7-8,12H,3-6,9-11,13H2,1-2H3,(H,21,26). The number of carbonyl (C=O) groups excluding carboxylic acids is 2. The van der Waals surface area contributed by atoms with E-state index in [2.05, 4.69) is 20.1 Å². The third-order valence-electron chi connectivity index (χ3n) is 5.04. The van der Waals surface area contributed by atoms with E-state index in [-0.39, 0.29) is 24.5 Å². The third kappa shape index (κ3) is 4.36. The molecule has 1 amide bonds. The van der Waals surface area contributed by atoms with E-state index in [1.54, 1.807) is 0 Å². The van der Waals surface area contributed by atoms with Crippen LogP contribution in [0.1, 0.15) is 65.2 Å². The number of fused-ring (bicyclic) bond motifs is 1. The first-order chi connectivity index (χ1) is 12.5. The van der Waals surface area contributed by atoms with Gasteiger partial charge in [-0.2, -0.15) is 0 Å². The van der Waals surface area contributed by atoms with E-state index in [1.165, 1.54) is 6.42 Å². The van der Waals surface area contributed by atoms with E-state index in [4.69, 9.17) is 0 Å². The smallest absolute Gasteiger partial charge is 0.220 e. The van der Waals surface area contributed by atoms with Crippen LogP contribution in [0.4, 0.5) is 0 Å². The minimum Gasteiger partial charge on any atom is -0.349 e. The fraction of sp³-hybridized carbons (Fsp3) is 0.500. The second-order valence-electron chi connectivity index (χ2n) is 6.99. The fourth-order valence-corrected chi connectivity index (χ4v) is 3.23. The fourth-order valence-electron chi connectivity index (χ4n) is 3.23. The lowest BCUT2D eigenvalue weighted by molar-refractivity contribution is -0.121. The third-order valence-corrected chi connectivity index (χ3v) is 5.04. The molecule has 0 saturated carbocycles. The lowest BCUT2D eigenvalue weighted by atomic mass is 10.0. The van der Waals surface area contributed by atoms with Gasteiger partial charge < -0.3 is 9.88 Å². The summed E-state index contributed by atoms with van der Waals surface area (Å²) >= 11 is 0. The maximum atomic E-state index is 12.3. The van der Waals surface area contributed by atoms with E-state index >= 15 is 0 Å². The summed E-state index contributed by atoms with van der Waals surface area (Å²) in [4.78, 5) is 24.4. The minimum atomic E-state index is -0.131. The molecule has 2 heterocycles. The SMILES string of the molecule is Cc1ccc(C(=O)CCC(=O)NCc2nnc3n2CCCCC3)cc1C. The highest BCUT2D eigenvalue weighted by Crippen LogP contribution is 2.15. The molecule has 1 aromatic heterocycles. The van der Waals surface area contributed by atoms with Crippen molar-refractivity contribution in [2.75, 3.05) is 0 Å². The Morgan fingerprint density at radius 1 is 1.08 bits per heavy atom. The van der Waals surface area contributed by atoms with Gasteiger partial charge in [-0.05, 0) is 43.9 Å². The molecule has 0 bridgehead atoms. The van der Waals surface area contributed by atoms with Gasteiger partial charge in [0.15, 0.2) is 11.6 Å². The van der Waals surface area contributed by atoms with Gasteiger partial charge >= 0.3 is 0 Å². The normalized spacial score (nSPS) is 13.8. The van der Waals surface area contributed by atoms with Crippen molar-refractivity contribution >= 4 is 11.7 Å². The van der Waals surface area contributed by atoms with E-state index in [0.29, 0.717) is 12.1 Å². The van der Waals surface area contributed by atoms with Gasteiger partial charge in [0.05, 0.1) is 6.54 Å². The Labute approximate surface area is 154 Å². The van der Waals surface area contributed by atoms with Crippen LogP contribution in [0.25, 0.3) is 0 Å². The Balaban J connectivity index is 1.49. The van der Waals surface area contributed by atoms with Gasteiger partial charge in [-0.25, -0.2) is 0 Å². The summed E-state index contributed by atoms with van der Waals surface area (Å²) in [6.07, 6.45) is 4.82. The summed E-state index contributed by atoms with van der Waals surface area (Å²) in [5.74, 6) is 1.68. The number of Topliss-reactive ketones (excluding diaryl/α,β-unsaturated/α-hetero) is 1. The van der Waals surface area contributed by atoms with E-state index in [9.17, 15) is 9.59 Å². The second kappa shape index (κ2) is 8.25. The highest BCUT2D eigenvalue weighted by atomic mass is 16.2. The van der Waals surface area contributed by atoms with Crippen LogP contribution in [-0.4, -0.2) is 26.5 Å². The van der Waals surface area contributed by atoms with E-state index < -0.39 is 0 Å².